The molecule has 1 aliphatic heterocycles. The summed E-state index contributed by atoms with van der Waals surface area (Å²) in [6.07, 6.45) is 2.75. The second-order valence-electron chi connectivity index (χ2n) is 5.07. The van der Waals surface area contributed by atoms with Crippen LogP contribution >= 0.6 is 0 Å². The van der Waals surface area contributed by atoms with Gasteiger partial charge in [0.2, 0.25) is 0 Å². The molecule has 1 saturated heterocycles. The molecule has 1 atom stereocenters. The molecule has 5 heteroatoms. The van der Waals surface area contributed by atoms with Crippen molar-refractivity contribution in [2.24, 2.45) is 0 Å². The van der Waals surface area contributed by atoms with Crippen molar-refractivity contribution in [2.45, 2.75) is 18.9 Å². The molecule has 104 valence electrons. The number of carbonyl (C=O) groups is 1. The van der Waals surface area contributed by atoms with Crippen LogP contribution in [0.1, 0.15) is 23.2 Å². The van der Waals surface area contributed by atoms with E-state index in [0.29, 0.717) is 18.7 Å². The molecule has 1 fully saturated rings. The predicted octanol–water partition coefficient (Wildman–Crippen LogP) is 1.67. The van der Waals surface area contributed by atoms with Crippen LogP contribution in [0.4, 0.5) is 0 Å². The zero-order valence-electron chi connectivity index (χ0n) is 11.1. The molecule has 1 aromatic carbocycles. The average Bonchev–Trinajstić information content (AvgIpc) is 2.97. The first-order valence-electron chi connectivity index (χ1n) is 6.82. The number of rotatable bonds is 2. The molecule has 2 aromatic rings. The third-order valence-electron chi connectivity index (χ3n) is 3.62. The summed E-state index contributed by atoms with van der Waals surface area (Å²) in [7, 11) is 0. The van der Waals surface area contributed by atoms with E-state index in [1.165, 1.54) is 0 Å². The first-order valence-corrected chi connectivity index (χ1v) is 6.82. The van der Waals surface area contributed by atoms with Gasteiger partial charge in [0.15, 0.2) is 0 Å². The van der Waals surface area contributed by atoms with Crippen molar-refractivity contribution in [3.8, 4) is 11.3 Å². The van der Waals surface area contributed by atoms with E-state index < -0.39 is 6.10 Å². The van der Waals surface area contributed by atoms with Gasteiger partial charge in [0.25, 0.3) is 5.91 Å². The van der Waals surface area contributed by atoms with Crippen LogP contribution in [0.25, 0.3) is 11.3 Å². The zero-order chi connectivity index (χ0) is 13.9. The van der Waals surface area contributed by atoms with Crippen molar-refractivity contribution in [3.05, 3.63) is 42.1 Å². The van der Waals surface area contributed by atoms with Crippen molar-refractivity contribution in [3.63, 3.8) is 0 Å². The number of amides is 1. The molecule has 0 spiro atoms. The Morgan fingerprint density at radius 3 is 2.90 bits per heavy atom. The minimum Gasteiger partial charge on any atom is -0.391 e. The van der Waals surface area contributed by atoms with Gasteiger partial charge in [0, 0.05) is 18.7 Å². The number of β-amino-alcohol motifs (C(OH)–C–C–N with tert-alkyl or cyclic N) is 1. The Balaban J connectivity index is 1.88. The highest BCUT2D eigenvalue weighted by Crippen LogP contribution is 2.23. The van der Waals surface area contributed by atoms with Crippen LogP contribution in [-0.4, -0.2) is 45.3 Å². The van der Waals surface area contributed by atoms with Crippen molar-refractivity contribution < 1.29 is 9.90 Å². The van der Waals surface area contributed by atoms with Crippen LogP contribution in [0, 0.1) is 0 Å². The Morgan fingerprint density at radius 2 is 2.15 bits per heavy atom. The second kappa shape index (κ2) is 5.46. The summed E-state index contributed by atoms with van der Waals surface area (Å²) in [5.41, 5.74) is 2.23. The molecule has 5 nitrogen and oxygen atoms in total. The van der Waals surface area contributed by atoms with Crippen LogP contribution in [-0.2, 0) is 0 Å². The first-order chi connectivity index (χ1) is 9.75. The molecule has 1 aromatic heterocycles. The maximum Gasteiger partial charge on any atom is 0.257 e. The SMILES string of the molecule is O=C(c1cn[nH]c1-c1ccccc1)N1CCCC(O)C1. The van der Waals surface area contributed by atoms with Crippen LogP contribution in [0.15, 0.2) is 36.5 Å². The number of aromatic amines is 1. The van der Waals surface area contributed by atoms with E-state index in [2.05, 4.69) is 10.2 Å². The summed E-state index contributed by atoms with van der Waals surface area (Å²) in [4.78, 5) is 14.3. The Morgan fingerprint density at radius 1 is 1.35 bits per heavy atom. The van der Waals surface area contributed by atoms with Gasteiger partial charge in [0.1, 0.15) is 0 Å². The number of aliphatic hydroxyl groups is 1. The first kappa shape index (κ1) is 12.9. The Bertz CT molecular complexity index is 594. The molecule has 2 heterocycles. The van der Waals surface area contributed by atoms with Crippen LogP contribution in [0.2, 0.25) is 0 Å². The van der Waals surface area contributed by atoms with E-state index in [-0.39, 0.29) is 5.91 Å². The van der Waals surface area contributed by atoms with Crippen molar-refractivity contribution in [1.82, 2.24) is 15.1 Å². The molecule has 0 radical (unpaired) electrons. The van der Waals surface area contributed by atoms with Crippen LogP contribution in [0.5, 0.6) is 0 Å². The smallest absolute Gasteiger partial charge is 0.257 e. The number of nitrogens with zero attached hydrogens (tertiary/aromatic N) is 2. The number of carbonyl (C=O) groups excluding carboxylic acids is 1. The average molecular weight is 271 g/mol. The molecular weight excluding hydrogens is 254 g/mol. The molecule has 0 aliphatic carbocycles. The topological polar surface area (TPSA) is 69.2 Å². The molecule has 0 bridgehead atoms. The lowest BCUT2D eigenvalue weighted by Crippen LogP contribution is -2.42. The largest absolute Gasteiger partial charge is 0.391 e. The number of aliphatic hydroxyl groups excluding tert-OH is 1. The van der Waals surface area contributed by atoms with Gasteiger partial charge in [-0.3, -0.25) is 9.89 Å². The van der Waals surface area contributed by atoms with Gasteiger partial charge >= 0.3 is 0 Å². The Labute approximate surface area is 117 Å². The van der Waals surface area contributed by atoms with E-state index >= 15 is 0 Å². The number of hydrogen-bond donors (Lipinski definition) is 2. The molecule has 3 rings (SSSR count). The molecule has 0 saturated carbocycles. The normalized spacial score (nSPS) is 19.1. The quantitative estimate of drug-likeness (QED) is 0.873. The number of likely N-dealkylation sites (tertiary alicyclic amines) is 1. The lowest BCUT2D eigenvalue weighted by molar-refractivity contribution is 0.0474. The van der Waals surface area contributed by atoms with Gasteiger partial charge in [-0.15, -0.1) is 0 Å². The molecular formula is C15H17N3O2. The second-order valence-corrected chi connectivity index (χ2v) is 5.07. The Kier molecular flexibility index (Phi) is 3.52. The summed E-state index contributed by atoms with van der Waals surface area (Å²) in [5, 5.41) is 16.6. The van der Waals surface area contributed by atoms with E-state index in [9.17, 15) is 9.90 Å². The van der Waals surface area contributed by atoms with Crippen molar-refractivity contribution in [1.29, 1.82) is 0 Å². The number of hydrogen-bond acceptors (Lipinski definition) is 3. The minimum absolute atomic E-state index is 0.0728. The standard InChI is InChI=1S/C15H17N3O2/c19-12-7-4-8-18(10-12)15(20)13-9-16-17-14(13)11-5-2-1-3-6-11/h1-3,5-6,9,12,19H,4,7-8,10H2,(H,16,17). The van der Waals surface area contributed by atoms with Gasteiger partial charge in [0.05, 0.1) is 23.6 Å². The fourth-order valence-electron chi connectivity index (χ4n) is 2.58. The molecule has 1 unspecified atom stereocenters. The predicted molar refractivity (Wildman–Crippen MR) is 75.2 cm³/mol. The van der Waals surface area contributed by atoms with Crippen molar-refractivity contribution >= 4 is 5.91 Å². The van der Waals surface area contributed by atoms with Crippen LogP contribution in [0.3, 0.4) is 0 Å². The highest BCUT2D eigenvalue weighted by Gasteiger charge is 2.25. The monoisotopic (exact) mass is 271 g/mol. The number of nitrogens with one attached hydrogen (secondary N) is 1. The number of piperidine rings is 1. The maximum atomic E-state index is 12.6. The summed E-state index contributed by atoms with van der Waals surface area (Å²) >= 11 is 0. The molecule has 1 amide bonds. The highest BCUT2D eigenvalue weighted by atomic mass is 16.3. The van der Waals surface area contributed by atoms with Gasteiger partial charge in [-0.2, -0.15) is 5.10 Å². The van der Waals surface area contributed by atoms with Gasteiger partial charge in [-0.1, -0.05) is 30.3 Å². The maximum absolute atomic E-state index is 12.6. The zero-order valence-corrected chi connectivity index (χ0v) is 11.1. The Hall–Kier alpha value is -2.14. The minimum atomic E-state index is -0.417. The van der Waals surface area contributed by atoms with E-state index in [0.717, 1.165) is 24.1 Å². The lowest BCUT2D eigenvalue weighted by Gasteiger charge is -2.30. The fraction of sp³-hybridized carbons (Fsp3) is 0.333. The van der Waals surface area contributed by atoms with Crippen molar-refractivity contribution in [2.75, 3.05) is 13.1 Å². The van der Waals surface area contributed by atoms with E-state index in [4.69, 9.17) is 0 Å². The van der Waals surface area contributed by atoms with Gasteiger partial charge in [-0.05, 0) is 12.8 Å². The summed E-state index contributed by atoms with van der Waals surface area (Å²) in [5.74, 6) is -0.0728. The molecule has 1 aliphatic rings. The fourth-order valence-corrected chi connectivity index (χ4v) is 2.58. The lowest BCUT2D eigenvalue weighted by atomic mass is 10.0. The highest BCUT2D eigenvalue weighted by molar-refractivity contribution is 5.99. The van der Waals surface area contributed by atoms with Gasteiger partial charge < -0.3 is 10.0 Å². The summed E-state index contributed by atoms with van der Waals surface area (Å²) in [6, 6.07) is 9.66. The van der Waals surface area contributed by atoms with E-state index in [1.807, 2.05) is 30.3 Å². The summed E-state index contributed by atoms with van der Waals surface area (Å²) < 4.78 is 0. The number of H-pyrrole nitrogens is 1. The molecule has 2 N–H and O–H groups in total. The third kappa shape index (κ3) is 2.44. The van der Waals surface area contributed by atoms with E-state index in [1.54, 1.807) is 11.1 Å². The molecule has 20 heavy (non-hydrogen) atoms. The van der Waals surface area contributed by atoms with Gasteiger partial charge in [-0.25, -0.2) is 0 Å². The number of benzene rings is 1. The van der Waals surface area contributed by atoms with Crippen LogP contribution < -0.4 is 0 Å². The summed E-state index contributed by atoms with van der Waals surface area (Å²) in [6.45, 7) is 1.09. The number of aromatic nitrogens is 2. The third-order valence-corrected chi connectivity index (χ3v) is 3.62.